The van der Waals surface area contributed by atoms with Gasteiger partial charge in [0.15, 0.2) is 5.82 Å². The molecule has 7 nitrogen and oxygen atoms in total. The largest absolute Gasteiger partial charge is 0.497 e. The van der Waals surface area contributed by atoms with Gasteiger partial charge in [0.05, 0.1) is 19.9 Å². The summed E-state index contributed by atoms with van der Waals surface area (Å²) >= 11 is 0. The molecule has 2 heterocycles. The van der Waals surface area contributed by atoms with Crippen LogP contribution in [-0.2, 0) is 0 Å². The molecule has 4 rings (SSSR count). The van der Waals surface area contributed by atoms with Crippen molar-refractivity contribution in [3.63, 3.8) is 0 Å². The van der Waals surface area contributed by atoms with Crippen molar-refractivity contribution in [1.82, 2.24) is 14.8 Å². The maximum absolute atomic E-state index is 12.8. The van der Waals surface area contributed by atoms with Crippen LogP contribution in [0.2, 0.25) is 0 Å². The predicted octanol–water partition coefficient (Wildman–Crippen LogP) is 4.31. The maximum Gasteiger partial charge on any atom is 0.256 e. The zero-order valence-electron chi connectivity index (χ0n) is 17.3. The number of aromatic nitrogens is 3. The molecule has 0 fully saturated rings. The summed E-state index contributed by atoms with van der Waals surface area (Å²) in [6.07, 6.45) is 0. The zero-order valence-corrected chi connectivity index (χ0v) is 17.3. The molecule has 0 aliphatic heterocycles. The van der Waals surface area contributed by atoms with E-state index in [1.807, 2.05) is 44.2 Å². The van der Waals surface area contributed by atoms with Crippen LogP contribution in [0.1, 0.15) is 21.6 Å². The van der Waals surface area contributed by atoms with Crippen LogP contribution in [0.3, 0.4) is 0 Å². The van der Waals surface area contributed by atoms with Gasteiger partial charge in [-0.15, -0.1) is 0 Å². The van der Waals surface area contributed by atoms with Crippen molar-refractivity contribution in [3.8, 4) is 17.3 Å². The van der Waals surface area contributed by atoms with E-state index < -0.39 is 0 Å². The van der Waals surface area contributed by atoms with E-state index in [-0.39, 0.29) is 5.91 Å². The van der Waals surface area contributed by atoms with Gasteiger partial charge in [-0.3, -0.25) is 4.79 Å². The number of anilines is 1. The van der Waals surface area contributed by atoms with Crippen molar-refractivity contribution in [1.29, 1.82) is 0 Å². The first-order valence-electron chi connectivity index (χ1n) is 9.47. The first-order valence-corrected chi connectivity index (χ1v) is 9.47. The van der Waals surface area contributed by atoms with E-state index in [9.17, 15) is 4.79 Å². The smallest absolute Gasteiger partial charge is 0.256 e. The summed E-state index contributed by atoms with van der Waals surface area (Å²) in [7, 11) is 3.21. The SMILES string of the molecule is COc1ccc(C(=O)Nc2cc(C)nn2-c2cc(C)c3cccc(OC)c3n2)cc1. The van der Waals surface area contributed by atoms with Gasteiger partial charge in [0, 0.05) is 17.0 Å². The molecular weight excluding hydrogens is 380 g/mol. The number of aryl methyl sites for hydroxylation is 2. The topological polar surface area (TPSA) is 78.3 Å². The number of amides is 1. The van der Waals surface area contributed by atoms with Gasteiger partial charge in [-0.05, 0) is 55.8 Å². The number of carbonyl (C=O) groups is 1. The minimum Gasteiger partial charge on any atom is -0.497 e. The number of hydrogen-bond donors (Lipinski definition) is 1. The van der Waals surface area contributed by atoms with Crippen LogP contribution in [0.25, 0.3) is 16.7 Å². The second-order valence-electron chi connectivity index (χ2n) is 6.92. The van der Waals surface area contributed by atoms with Crippen LogP contribution >= 0.6 is 0 Å². The van der Waals surface area contributed by atoms with E-state index in [1.165, 1.54) is 0 Å². The lowest BCUT2D eigenvalue weighted by Gasteiger charge is -2.12. The summed E-state index contributed by atoms with van der Waals surface area (Å²) in [5, 5.41) is 8.47. The van der Waals surface area contributed by atoms with Crippen LogP contribution in [0.15, 0.2) is 54.6 Å². The highest BCUT2D eigenvalue weighted by atomic mass is 16.5. The van der Waals surface area contributed by atoms with Crippen molar-refractivity contribution in [2.24, 2.45) is 0 Å². The first kappa shape index (κ1) is 19.4. The molecule has 2 aromatic carbocycles. The molecule has 0 aliphatic rings. The Hall–Kier alpha value is -3.87. The van der Waals surface area contributed by atoms with Gasteiger partial charge >= 0.3 is 0 Å². The minimum atomic E-state index is -0.242. The molecule has 152 valence electrons. The molecule has 30 heavy (non-hydrogen) atoms. The summed E-state index contributed by atoms with van der Waals surface area (Å²) in [6, 6.07) is 16.5. The average molecular weight is 402 g/mol. The number of rotatable bonds is 5. The Morgan fingerprint density at radius 3 is 2.47 bits per heavy atom. The second-order valence-corrected chi connectivity index (χ2v) is 6.92. The molecule has 7 heteroatoms. The zero-order chi connectivity index (χ0) is 21.3. The lowest BCUT2D eigenvalue weighted by molar-refractivity contribution is 0.102. The highest BCUT2D eigenvalue weighted by Gasteiger charge is 2.16. The summed E-state index contributed by atoms with van der Waals surface area (Å²) in [6.45, 7) is 3.88. The first-order chi connectivity index (χ1) is 14.5. The molecule has 0 saturated heterocycles. The molecule has 4 aromatic rings. The van der Waals surface area contributed by atoms with E-state index in [1.54, 1.807) is 43.2 Å². The summed E-state index contributed by atoms with van der Waals surface area (Å²) in [5.74, 6) is 2.27. The van der Waals surface area contributed by atoms with Gasteiger partial charge in [-0.1, -0.05) is 12.1 Å². The molecule has 1 N–H and O–H groups in total. The number of ether oxygens (including phenoxy) is 2. The van der Waals surface area contributed by atoms with Crippen LogP contribution < -0.4 is 14.8 Å². The number of nitrogens with one attached hydrogen (secondary N) is 1. The van der Waals surface area contributed by atoms with Gasteiger partial charge in [-0.2, -0.15) is 9.78 Å². The standard InChI is InChI=1S/C23H22N4O3/c1-14-12-20(24-22-18(14)6-5-7-19(22)30-4)27-21(13-15(2)26-27)25-23(28)16-8-10-17(29-3)11-9-16/h5-13H,1-4H3,(H,25,28). The third kappa shape index (κ3) is 3.57. The quantitative estimate of drug-likeness (QED) is 0.538. The minimum absolute atomic E-state index is 0.242. The lowest BCUT2D eigenvalue weighted by Crippen LogP contribution is -2.15. The Morgan fingerprint density at radius 2 is 1.77 bits per heavy atom. The number of fused-ring (bicyclic) bond motifs is 1. The lowest BCUT2D eigenvalue weighted by atomic mass is 10.1. The number of para-hydroxylation sites is 1. The van der Waals surface area contributed by atoms with Crippen LogP contribution in [0.4, 0.5) is 5.82 Å². The van der Waals surface area contributed by atoms with E-state index >= 15 is 0 Å². The van der Waals surface area contributed by atoms with Gasteiger partial charge in [0.1, 0.15) is 22.8 Å². The third-order valence-electron chi connectivity index (χ3n) is 4.86. The predicted molar refractivity (Wildman–Crippen MR) is 116 cm³/mol. The van der Waals surface area contributed by atoms with Gasteiger partial charge in [0.2, 0.25) is 0 Å². The molecule has 0 atom stereocenters. The Morgan fingerprint density at radius 1 is 1.00 bits per heavy atom. The summed E-state index contributed by atoms with van der Waals surface area (Å²) < 4.78 is 12.3. The average Bonchev–Trinajstić information content (AvgIpc) is 3.13. The molecule has 2 aromatic heterocycles. The van der Waals surface area contributed by atoms with Gasteiger partial charge < -0.3 is 14.8 Å². The number of methoxy groups -OCH3 is 2. The fourth-order valence-electron chi connectivity index (χ4n) is 3.34. The van der Waals surface area contributed by atoms with Crippen molar-refractivity contribution in [3.05, 3.63) is 71.4 Å². The number of pyridine rings is 1. The fraction of sp³-hybridized carbons (Fsp3) is 0.174. The summed E-state index contributed by atoms with van der Waals surface area (Å²) in [5.41, 5.74) is 3.06. The molecule has 1 amide bonds. The van der Waals surface area contributed by atoms with Crippen molar-refractivity contribution in [2.75, 3.05) is 19.5 Å². The molecular formula is C23H22N4O3. The fourth-order valence-corrected chi connectivity index (χ4v) is 3.34. The molecule has 0 bridgehead atoms. The van der Waals surface area contributed by atoms with E-state index in [2.05, 4.69) is 10.4 Å². The molecule has 0 spiro atoms. The van der Waals surface area contributed by atoms with Crippen LogP contribution in [0.5, 0.6) is 11.5 Å². The monoisotopic (exact) mass is 402 g/mol. The van der Waals surface area contributed by atoms with Crippen molar-refractivity contribution >= 4 is 22.6 Å². The Bertz CT molecular complexity index is 1230. The molecule has 0 aliphatic carbocycles. The molecule has 0 radical (unpaired) electrons. The van der Waals surface area contributed by atoms with Crippen LogP contribution in [-0.4, -0.2) is 34.9 Å². The number of carbonyl (C=O) groups excluding carboxylic acids is 1. The van der Waals surface area contributed by atoms with Crippen LogP contribution in [0, 0.1) is 13.8 Å². The number of hydrogen-bond acceptors (Lipinski definition) is 5. The maximum atomic E-state index is 12.8. The molecule has 0 saturated carbocycles. The molecule has 0 unspecified atom stereocenters. The van der Waals surface area contributed by atoms with E-state index in [0.29, 0.717) is 28.7 Å². The van der Waals surface area contributed by atoms with E-state index in [4.69, 9.17) is 14.5 Å². The Balaban J connectivity index is 1.73. The summed E-state index contributed by atoms with van der Waals surface area (Å²) in [4.78, 5) is 17.5. The highest BCUT2D eigenvalue weighted by molar-refractivity contribution is 6.04. The van der Waals surface area contributed by atoms with Crippen molar-refractivity contribution in [2.45, 2.75) is 13.8 Å². The normalized spacial score (nSPS) is 10.8. The van der Waals surface area contributed by atoms with Crippen molar-refractivity contribution < 1.29 is 14.3 Å². The third-order valence-corrected chi connectivity index (χ3v) is 4.86. The number of benzene rings is 2. The van der Waals surface area contributed by atoms with E-state index in [0.717, 1.165) is 22.2 Å². The number of nitrogens with zero attached hydrogens (tertiary/aromatic N) is 3. The Labute approximate surface area is 174 Å². The van der Waals surface area contributed by atoms with Gasteiger partial charge in [0.25, 0.3) is 5.91 Å². The Kier molecular flexibility index (Phi) is 5.10. The second kappa shape index (κ2) is 7.87. The highest BCUT2D eigenvalue weighted by Crippen LogP contribution is 2.28. The van der Waals surface area contributed by atoms with Gasteiger partial charge in [-0.25, -0.2) is 4.98 Å².